The summed E-state index contributed by atoms with van der Waals surface area (Å²) in [6.45, 7) is 1.51. The Labute approximate surface area is 99.8 Å². The van der Waals surface area contributed by atoms with Crippen LogP contribution in [0.25, 0.3) is 11.3 Å². The van der Waals surface area contributed by atoms with Gasteiger partial charge in [-0.2, -0.15) is 5.10 Å². The van der Waals surface area contributed by atoms with Crippen LogP contribution in [0.4, 0.5) is 0 Å². The van der Waals surface area contributed by atoms with Gasteiger partial charge in [0.05, 0.1) is 12.8 Å². The lowest BCUT2D eigenvalue weighted by Crippen LogP contribution is -1.97. The molecule has 1 heterocycles. The molecular formula is C13H14N2O2. The van der Waals surface area contributed by atoms with Gasteiger partial charge in [-0.15, -0.1) is 0 Å². The van der Waals surface area contributed by atoms with E-state index in [2.05, 4.69) is 5.10 Å². The molecule has 0 aliphatic carbocycles. The lowest BCUT2D eigenvalue weighted by Gasteiger charge is -2.07. The van der Waals surface area contributed by atoms with Crippen LogP contribution < -0.4 is 4.74 Å². The van der Waals surface area contributed by atoms with E-state index in [4.69, 9.17) is 4.74 Å². The van der Waals surface area contributed by atoms with Crippen LogP contribution in [-0.2, 0) is 7.05 Å². The molecule has 0 fully saturated rings. The standard InChI is InChI=1S/C13H14N2O2/c1-9(16)11-8-12(15(2)14-11)10-6-4-5-7-13(10)17-3/h4-8H,1-3H3. The van der Waals surface area contributed by atoms with Crippen molar-refractivity contribution in [3.05, 3.63) is 36.0 Å². The molecule has 0 saturated heterocycles. The molecule has 0 saturated carbocycles. The Morgan fingerprint density at radius 2 is 2.06 bits per heavy atom. The third kappa shape index (κ3) is 2.06. The summed E-state index contributed by atoms with van der Waals surface area (Å²) in [5, 5.41) is 4.17. The van der Waals surface area contributed by atoms with E-state index >= 15 is 0 Å². The van der Waals surface area contributed by atoms with Crippen molar-refractivity contribution in [2.24, 2.45) is 7.05 Å². The van der Waals surface area contributed by atoms with Crippen LogP contribution in [0.5, 0.6) is 5.75 Å². The maximum Gasteiger partial charge on any atom is 0.180 e. The summed E-state index contributed by atoms with van der Waals surface area (Å²) in [4.78, 5) is 11.3. The summed E-state index contributed by atoms with van der Waals surface area (Å²) < 4.78 is 6.99. The molecule has 17 heavy (non-hydrogen) atoms. The quantitative estimate of drug-likeness (QED) is 0.760. The van der Waals surface area contributed by atoms with E-state index in [9.17, 15) is 4.79 Å². The third-order valence-electron chi connectivity index (χ3n) is 2.62. The average Bonchev–Trinajstić information content (AvgIpc) is 2.71. The molecule has 2 rings (SSSR count). The summed E-state index contributed by atoms with van der Waals surface area (Å²) in [6.07, 6.45) is 0. The monoisotopic (exact) mass is 230 g/mol. The molecule has 0 aliphatic heterocycles. The molecule has 0 radical (unpaired) electrons. The first-order chi connectivity index (χ1) is 8.13. The first-order valence-corrected chi connectivity index (χ1v) is 5.32. The zero-order valence-corrected chi connectivity index (χ0v) is 10.1. The maximum absolute atomic E-state index is 11.3. The van der Waals surface area contributed by atoms with Crippen LogP contribution in [0.2, 0.25) is 0 Å². The van der Waals surface area contributed by atoms with E-state index in [1.165, 1.54) is 6.92 Å². The van der Waals surface area contributed by atoms with E-state index in [1.807, 2.05) is 31.3 Å². The summed E-state index contributed by atoms with van der Waals surface area (Å²) >= 11 is 0. The minimum Gasteiger partial charge on any atom is -0.496 e. The lowest BCUT2D eigenvalue weighted by molar-refractivity contribution is 0.101. The number of methoxy groups -OCH3 is 1. The Hall–Kier alpha value is -2.10. The van der Waals surface area contributed by atoms with Crippen molar-refractivity contribution >= 4 is 5.78 Å². The number of Topliss-reactive ketones (excluding diaryl/α,β-unsaturated/α-hetero) is 1. The maximum atomic E-state index is 11.3. The number of aromatic nitrogens is 2. The highest BCUT2D eigenvalue weighted by atomic mass is 16.5. The van der Waals surface area contributed by atoms with E-state index in [1.54, 1.807) is 17.9 Å². The topological polar surface area (TPSA) is 44.1 Å². The molecule has 2 aromatic rings. The predicted molar refractivity (Wildman–Crippen MR) is 65.2 cm³/mol. The molecule has 0 N–H and O–H groups in total. The summed E-state index contributed by atoms with van der Waals surface area (Å²) in [7, 11) is 3.44. The molecular weight excluding hydrogens is 216 g/mol. The zero-order chi connectivity index (χ0) is 12.4. The molecule has 1 aromatic carbocycles. The van der Waals surface area contributed by atoms with Crippen LogP contribution in [0, 0.1) is 0 Å². The number of carbonyl (C=O) groups is 1. The van der Waals surface area contributed by atoms with Gasteiger partial charge in [0.1, 0.15) is 11.4 Å². The lowest BCUT2D eigenvalue weighted by atomic mass is 10.1. The number of hydrogen-bond acceptors (Lipinski definition) is 3. The Kier molecular flexibility index (Phi) is 2.95. The minimum atomic E-state index is -0.0400. The highest BCUT2D eigenvalue weighted by Gasteiger charge is 2.13. The number of rotatable bonds is 3. The van der Waals surface area contributed by atoms with Gasteiger partial charge in [0.25, 0.3) is 0 Å². The van der Waals surface area contributed by atoms with Gasteiger partial charge < -0.3 is 4.74 Å². The highest BCUT2D eigenvalue weighted by Crippen LogP contribution is 2.29. The normalized spacial score (nSPS) is 10.3. The molecule has 4 nitrogen and oxygen atoms in total. The fraction of sp³-hybridized carbons (Fsp3) is 0.231. The van der Waals surface area contributed by atoms with Gasteiger partial charge in [-0.05, 0) is 18.2 Å². The smallest absolute Gasteiger partial charge is 0.180 e. The molecule has 0 atom stereocenters. The summed E-state index contributed by atoms with van der Waals surface area (Å²) in [5.41, 5.74) is 2.26. The van der Waals surface area contributed by atoms with Gasteiger partial charge in [0.15, 0.2) is 5.78 Å². The van der Waals surface area contributed by atoms with Crippen molar-refractivity contribution in [3.8, 4) is 17.0 Å². The van der Waals surface area contributed by atoms with Crippen molar-refractivity contribution in [1.82, 2.24) is 9.78 Å². The molecule has 4 heteroatoms. The van der Waals surface area contributed by atoms with Gasteiger partial charge in [0, 0.05) is 19.5 Å². The molecule has 0 amide bonds. The first kappa shape index (κ1) is 11.4. The molecule has 0 spiro atoms. The number of nitrogens with zero attached hydrogens (tertiary/aromatic N) is 2. The van der Waals surface area contributed by atoms with Crippen LogP contribution in [0.15, 0.2) is 30.3 Å². The molecule has 88 valence electrons. The summed E-state index contributed by atoms with van der Waals surface area (Å²) in [6, 6.07) is 9.44. The second-order valence-corrected chi connectivity index (χ2v) is 3.79. The molecule has 1 aromatic heterocycles. The van der Waals surface area contributed by atoms with Gasteiger partial charge in [-0.1, -0.05) is 12.1 Å². The van der Waals surface area contributed by atoms with E-state index in [0.29, 0.717) is 5.69 Å². The number of carbonyl (C=O) groups excluding carboxylic acids is 1. The van der Waals surface area contributed by atoms with Crippen LogP contribution in [0.3, 0.4) is 0 Å². The third-order valence-corrected chi connectivity index (χ3v) is 2.62. The van der Waals surface area contributed by atoms with Crippen molar-refractivity contribution in [2.45, 2.75) is 6.92 Å². The van der Waals surface area contributed by atoms with Crippen LogP contribution >= 0.6 is 0 Å². The van der Waals surface area contributed by atoms with E-state index < -0.39 is 0 Å². The van der Waals surface area contributed by atoms with Gasteiger partial charge in [0.2, 0.25) is 0 Å². The Bertz CT molecular complexity index is 558. The fourth-order valence-electron chi connectivity index (χ4n) is 1.75. The van der Waals surface area contributed by atoms with E-state index in [-0.39, 0.29) is 5.78 Å². The number of para-hydroxylation sites is 1. The van der Waals surface area contributed by atoms with Crippen LogP contribution in [0.1, 0.15) is 17.4 Å². The Morgan fingerprint density at radius 1 is 1.35 bits per heavy atom. The first-order valence-electron chi connectivity index (χ1n) is 5.32. The average molecular weight is 230 g/mol. The van der Waals surface area contributed by atoms with Crippen molar-refractivity contribution in [1.29, 1.82) is 0 Å². The summed E-state index contributed by atoms with van der Waals surface area (Å²) in [5.74, 6) is 0.729. The number of ketones is 1. The predicted octanol–water partition coefficient (Wildman–Crippen LogP) is 2.30. The second kappa shape index (κ2) is 4.41. The minimum absolute atomic E-state index is 0.0400. The number of aryl methyl sites for hydroxylation is 1. The largest absolute Gasteiger partial charge is 0.496 e. The van der Waals surface area contributed by atoms with E-state index in [0.717, 1.165) is 17.0 Å². The number of benzene rings is 1. The number of hydrogen-bond donors (Lipinski definition) is 0. The Balaban J connectivity index is 2.56. The molecule has 0 unspecified atom stereocenters. The SMILES string of the molecule is COc1ccccc1-c1cc(C(C)=O)nn1C. The second-order valence-electron chi connectivity index (χ2n) is 3.79. The Morgan fingerprint density at radius 3 is 2.65 bits per heavy atom. The van der Waals surface area contributed by atoms with Gasteiger partial charge >= 0.3 is 0 Å². The molecule has 0 bridgehead atoms. The van der Waals surface area contributed by atoms with Gasteiger partial charge in [-0.25, -0.2) is 0 Å². The van der Waals surface area contributed by atoms with Crippen molar-refractivity contribution in [3.63, 3.8) is 0 Å². The van der Waals surface area contributed by atoms with Crippen LogP contribution in [-0.4, -0.2) is 22.7 Å². The molecule has 0 aliphatic rings. The van der Waals surface area contributed by atoms with Crippen molar-refractivity contribution < 1.29 is 9.53 Å². The van der Waals surface area contributed by atoms with Gasteiger partial charge in [-0.3, -0.25) is 9.48 Å². The zero-order valence-electron chi connectivity index (χ0n) is 10.1. The fourth-order valence-corrected chi connectivity index (χ4v) is 1.75. The highest BCUT2D eigenvalue weighted by molar-refractivity contribution is 5.93. The number of ether oxygens (including phenoxy) is 1. The van der Waals surface area contributed by atoms with Crippen molar-refractivity contribution in [2.75, 3.05) is 7.11 Å².